The number of ether oxygens (including phenoxy) is 1. The van der Waals surface area contributed by atoms with E-state index in [1.807, 2.05) is 13.1 Å². The van der Waals surface area contributed by atoms with Gasteiger partial charge in [-0.2, -0.15) is 0 Å². The lowest BCUT2D eigenvalue weighted by molar-refractivity contribution is -0.150. The molecule has 0 bridgehead atoms. The van der Waals surface area contributed by atoms with Gasteiger partial charge in [0.25, 0.3) is 0 Å². The summed E-state index contributed by atoms with van der Waals surface area (Å²) in [6.45, 7) is 16.3. The molecule has 0 radical (unpaired) electrons. The fraction of sp³-hybridized carbons (Fsp3) is 0.667. The van der Waals surface area contributed by atoms with Crippen LogP contribution < -0.4 is 0 Å². The van der Waals surface area contributed by atoms with Crippen LogP contribution in [-0.4, -0.2) is 58.7 Å². The number of carbonyl (C=O) groups is 1. The molecule has 168 valence electrons. The molecule has 0 aliphatic carbocycles. The summed E-state index contributed by atoms with van der Waals surface area (Å²) in [7, 11) is -0.175. The average molecular weight is 433 g/mol. The number of esters is 1. The maximum Gasteiger partial charge on any atom is 0.310 e. The summed E-state index contributed by atoms with van der Waals surface area (Å²) >= 11 is 0. The van der Waals surface area contributed by atoms with Gasteiger partial charge in [0.05, 0.1) is 18.6 Å². The Balaban J connectivity index is 2.21. The maximum atomic E-state index is 12.3. The van der Waals surface area contributed by atoms with Gasteiger partial charge < -0.3 is 9.16 Å². The first kappa shape index (κ1) is 24.8. The van der Waals surface area contributed by atoms with Crippen LogP contribution in [0.1, 0.15) is 57.8 Å². The SMILES string of the molecule is CCOC(=O)C1CCCN(CC(O[Si](C)(C)C(C)(C)C)c2ccc(C=NC)cc2)C1. The van der Waals surface area contributed by atoms with Gasteiger partial charge in [-0.1, -0.05) is 45.0 Å². The lowest BCUT2D eigenvalue weighted by Crippen LogP contribution is -2.46. The zero-order chi connectivity index (χ0) is 22.4. The van der Waals surface area contributed by atoms with E-state index in [1.54, 1.807) is 7.05 Å². The Morgan fingerprint density at radius 3 is 2.53 bits per heavy atom. The molecule has 6 heteroatoms. The minimum atomic E-state index is -1.96. The summed E-state index contributed by atoms with van der Waals surface area (Å²) in [4.78, 5) is 18.8. The van der Waals surface area contributed by atoms with E-state index in [9.17, 15) is 4.79 Å². The van der Waals surface area contributed by atoms with Gasteiger partial charge >= 0.3 is 5.97 Å². The molecule has 2 rings (SSSR count). The summed E-state index contributed by atoms with van der Waals surface area (Å²) in [5.41, 5.74) is 2.28. The van der Waals surface area contributed by atoms with Crippen molar-refractivity contribution in [1.82, 2.24) is 4.90 Å². The third-order valence-electron chi connectivity index (χ3n) is 6.38. The van der Waals surface area contributed by atoms with Crippen LogP contribution in [0.5, 0.6) is 0 Å². The quantitative estimate of drug-likeness (QED) is 0.327. The van der Waals surface area contributed by atoms with Crippen LogP contribution in [0.15, 0.2) is 29.3 Å². The number of hydrogen-bond acceptors (Lipinski definition) is 5. The van der Waals surface area contributed by atoms with E-state index in [4.69, 9.17) is 9.16 Å². The minimum Gasteiger partial charge on any atom is -0.466 e. The van der Waals surface area contributed by atoms with Crippen molar-refractivity contribution in [3.63, 3.8) is 0 Å². The fourth-order valence-corrected chi connectivity index (χ4v) is 4.87. The molecule has 1 aromatic carbocycles. The second kappa shape index (κ2) is 10.7. The molecule has 1 heterocycles. The number of aliphatic imine (C=N–C) groups is 1. The van der Waals surface area contributed by atoms with Gasteiger partial charge in [0, 0.05) is 26.4 Å². The van der Waals surface area contributed by atoms with Crippen molar-refractivity contribution in [2.45, 2.75) is 64.8 Å². The Kier molecular flexibility index (Phi) is 8.82. The Morgan fingerprint density at radius 2 is 1.97 bits per heavy atom. The van der Waals surface area contributed by atoms with E-state index in [0.717, 1.165) is 38.0 Å². The highest BCUT2D eigenvalue weighted by atomic mass is 28.4. The topological polar surface area (TPSA) is 51.1 Å². The highest BCUT2D eigenvalue weighted by Gasteiger charge is 2.40. The zero-order valence-corrected chi connectivity index (χ0v) is 20.9. The van der Waals surface area contributed by atoms with E-state index in [-0.39, 0.29) is 23.0 Å². The van der Waals surface area contributed by atoms with Gasteiger partial charge in [0.1, 0.15) is 0 Å². The van der Waals surface area contributed by atoms with Gasteiger partial charge in [-0.3, -0.25) is 14.7 Å². The molecule has 1 aliphatic heterocycles. The zero-order valence-electron chi connectivity index (χ0n) is 19.9. The van der Waals surface area contributed by atoms with Crippen molar-refractivity contribution >= 4 is 20.5 Å². The van der Waals surface area contributed by atoms with Gasteiger partial charge in [-0.25, -0.2) is 0 Å². The molecule has 30 heavy (non-hydrogen) atoms. The standard InChI is InChI=1S/C24H40N2O3Si/c1-8-28-23(27)21-10-9-15-26(17-21)18-22(29-30(6,7)24(2,3)4)20-13-11-19(12-14-20)16-25-5/h11-14,16,21-22H,8-10,15,17-18H2,1-7H3. The normalized spacial score (nSPS) is 19.8. The highest BCUT2D eigenvalue weighted by Crippen LogP contribution is 2.40. The molecule has 0 N–H and O–H groups in total. The fourth-order valence-electron chi connectivity index (χ4n) is 3.60. The predicted molar refractivity (Wildman–Crippen MR) is 127 cm³/mol. The van der Waals surface area contributed by atoms with Crippen LogP contribution in [0.2, 0.25) is 18.1 Å². The molecule has 0 aromatic heterocycles. The highest BCUT2D eigenvalue weighted by molar-refractivity contribution is 6.74. The van der Waals surface area contributed by atoms with Crippen LogP contribution >= 0.6 is 0 Å². The van der Waals surface area contributed by atoms with Crippen molar-refractivity contribution in [3.8, 4) is 0 Å². The second-order valence-electron chi connectivity index (χ2n) is 9.77. The summed E-state index contributed by atoms with van der Waals surface area (Å²) in [5.74, 6) is -0.0948. The Bertz CT molecular complexity index is 710. The largest absolute Gasteiger partial charge is 0.466 e. The van der Waals surface area contributed by atoms with Crippen molar-refractivity contribution in [2.24, 2.45) is 10.9 Å². The minimum absolute atomic E-state index is 0.0144. The first-order valence-electron chi connectivity index (χ1n) is 11.2. The molecule has 0 amide bonds. The first-order chi connectivity index (χ1) is 14.1. The van der Waals surface area contributed by atoms with Crippen molar-refractivity contribution < 1.29 is 14.0 Å². The summed E-state index contributed by atoms with van der Waals surface area (Å²) in [5, 5.41) is 0.134. The molecule has 0 saturated carbocycles. The van der Waals surface area contributed by atoms with E-state index in [0.29, 0.717) is 6.61 Å². The van der Waals surface area contributed by atoms with Crippen LogP contribution in [0.3, 0.4) is 0 Å². The smallest absolute Gasteiger partial charge is 0.310 e. The summed E-state index contributed by atoms with van der Waals surface area (Å²) < 4.78 is 12.2. The summed E-state index contributed by atoms with van der Waals surface area (Å²) in [6, 6.07) is 8.51. The molecule has 0 spiro atoms. The van der Waals surface area contributed by atoms with E-state index >= 15 is 0 Å². The molecule has 2 unspecified atom stereocenters. The predicted octanol–water partition coefficient (Wildman–Crippen LogP) is 5.07. The van der Waals surface area contributed by atoms with Gasteiger partial charge in [0.15, 0.2) is 8.32 Å². The van der Waals surface area contributed by atoms with Crippen molar-refractivity contribution in [2.75, 3.05) is 33.3 Å². The Labute approximate surface area is 184 Å². The number of likely N-dealkylation sites (tertiary alicyclic amines) is 1. The lowest BCUT2D eigenvalue weighted by atomic mass is 9.97. The van der Waals surface area contributed by atoms with Crippen LogP contribution in [-0.2, 0) is 14.0 Å². The molecular formula is C24H40N2O3Si. The van der Waals surface area contributed by atoms with Crippen molar-refractivity contribution in [1.29, 1.82) is 0 Å². The maximum absolute atomic E-state index is 12.3. The Hall–Kier alpha value is -1.50. The molecule has 1 aliphatic rings. The third kappa shape index (κ3) is 6.76. The average Bonchev–Trinajstić information content (AvgIpc) is 2.68. The lowest BCUT2D eigenvalue weighted by Gasteiger charge is -2.41. The van der Waals surface area contributed by atoms with E-state index in [2.05, 4.69) is 68.0 Å². The molecule has 2 atom stereocenters. The molecular weight excluding hydrogens is 392 g/mol. The van der Waals surface area contributed by atoms with Crippen molar-refractivity contribution in [3.05, 3.63) is 35.4 Å². The number of nitrogens with zero attached hydrogens (tertiary/aromatic N) is 2. The third-order valence-corrected chi connectivity index (χ3v) is 10.9. The molecule has 5 nitrogen and oxygen atoms in total. The monoisotopic (exact) mass is 432 g/mol. The molecule has 1 aromatic rings. The number of rotatable bonds is 8. The van der Waals surface area contributed by atoms with Crippen LogP contribution in [0.4, 0.5) is 0 Å². The molecule has 1 saturated heterocycles. The van der Waals surface area contributed by atoms with E-state index in [1.165, 1.54) is 5.56 Å². The number of hydrogen-bond donors (Lipinski definition) is 0. The number of carbonyl (C=O) groups excluding carboxylic acids is 1. The van der Waals surface area contributed by atoms with Crippen LogP contribution in [0, 0.1) is 5.92 Å². The van der Waals surface area contributed by atoms with Crippen LogP contribution in [0.25, 0.3) is 0 Å². The number of benzene rings is 1. The Morgan fingerprint density at radius 1 is 1.30 bits per heavy atom. The van der Waals surface area contributed by atoms with E-state index < -0.39 is 8.32 Å². The molecule has 1 fully saturated rings. The first-order valence-corrected chi connectivity index (χ1v) is 14.1. The van der Waals surface area contributed by atoms with Gasteiger partial charge in [-0.05, 0) is 55.6 Å². The van der Waals surface area contributed by atoms with Gasteiger partial charge in [-0.15, -0.1) is 0 Å². The number of piperidine rings is 1. The second-order valence-corrected chi connectivity index (χ2v) is 14.5. The van der Waals surface area contributed by atoms with Gasteiger partial charge in [0.2, 0.25) is 0 Å². The summed E-state index contributed by atoms with van der Waals surface area (Å²) in [6.07, 6.45) is 3.78.